The molecule has 1 aromatic carbocycles. The topological polar surface area (TPSA) is 12.0 Å². The Morgan fingerprint density at radius 3 is 2.33 bits per heavy atom. The van der Waals surface area contributed by atoms with Crippen molar-refractivity contribution in [3.8, 4) is 0 Å². The van der Waals surface area contributed by atoms with Crippen LogP contribution in [0.5, 0.6) is 0 Å². The Kier molecular flexibility index (Phi) is 4.58. The molecule has 1 aliphatic carbocycles. The Hall–Kier alpha value is -0.240. The molecule has 1 unspecified atom stereocenters. The van der Waals surface area contributed by atoms with Crippen LogP contribution in [0.4, 0.5) is 0 Å². The summed E-state index contributed by atoms with van der Waals surface area (Å²) in [5, 5.41) is 4.92. The summed E-state index contributed by atoms with van der Waals surface area (Å²) in [6, 6.07) is 6.86. The molecule has 0 amide bonds. The normalized spacial score (nSPS) is 25.0. The van der Waals surface area contributed by atoms with Crippen LogP contribution < -0.4 is 5.32 Å². The fraction of sp³-hybridized carbons (Fsp3) is 0.600. The van der Waals surface area contributed by atoms with Gasteiger partial charge in [-0.2, -0.15) is 0 Å². The van der Waals surface area contributed by atoms with Gasteiger partial charge in [-0.25, -0.2) is 0 Å². The first kappa shape index (κ1) is 14.2. The van der Waals surface area contributed by atoms with E-state index in [1.54, 1.807) is 0 Å². The Morgan fingerprint density at radius 2 is 1.78 bits per heavy atom. The van der Waals surface area contributed by atoms with Crippen molar-refractivity contribution in [3.05, 3.63) is 33.8 Å². The number of nitrogens with one attached hydrogen (secondary N) is 1. The highest BCUT2D eigenvalue weighted by molar-refractivity contribution is 6.42. The smallest absolute Gasteiger partial charge is 0.0595 e. The second-order valence-electron chi connectivity index (χ2n) is 5.73. The van der Waals surface area contributed by atoms with Gasteiger partial charge in [-0.05, 0) is 49.3 Å². The van der Waals surface area contributed by atoms with E-state index in [1.165, 1.54) is 18.4 Å². The van der Waals surface area contributed by atoms with E-state index in [4.69, 9.17) is 23.2 Å². The van der Waals surface area contributed by atoms with Crippen LogP contribution in [0.25, 0.3) is 0 Å². The molecule has 0 aliphatic heterocycles. The van der Waals surface area contributed by atoms with Gasteiger partial charge in [0.2, 0.25) is 0 Å². The zero-order chi connectivity index (χ0) is 13.3. The predicted octanol–water partition coefficient (Wildman–Crippen LogP) is 5.08. The van der Waals surface area contributed by atoms with Crippen molar-refractivity contribution in [2.24, 2.45) is 11.8 Å². The first-order valence-corrected chi connectivity index (χ1v) is 7.44. The van der Waals surface area contributed by atoms with Gasteiger partial charge < -0.3 is 5.32 Å². The first-order valence-electron chi connectivity index (χ1n) is 6.68. The van der Waals surface area contributed by atoms with E-state index in [-0.39, 0.29) is 0 Å². The summed E-state index contributed by atoms with van der Waals surface area (Å²) in [6.45, 7) is 6.80. The van der Waals surface area contributed by atoms with Crippen molar-refractivity contribution in [3.63, 3.8) is 0 Å². The van der Waals surface area contributed by atoms with Gasteiger partial charge >= 0.3 is 0 Å². The second-order valence-corrected chi connectivity index (χ2v) is 6.55. The number of hydrogen-bond acceptors (Lipinski definition) is 1. The maximum absolute atomic E-state index is 6.05. The third kappa shape index (κ3) is 3.20. The molecule has 0 aromatic heterocycles. The first-order chi connectivity index (χ1) is 8.47. The average molecular weight is 286 g/mol. The molecular formula is C15H21Cl2N. The molecule has 1 saturated carbocycles. The summed E-state index contributed by atoms with van der Waals surface area (Å²) < 4.78 is 0. The number of hydrogen-bond donors (Lipinski definition) is 1. The molecule has 0 spiro atoms. The minimum atomic E-state index is 0.331. The van der Waals surface area contributed by atoms with Crippen LogP contribution in [0.2, 0.25) is 10.0 Å². The lowest BCUT2D eigenvalue weighted by Crippen LogP contribution is -2.43. The summed E-state index contributed by atoms with van der Waals surface area (Å²) in [6.07, 6.45) is 2.59. The van der Waals surface area contributed by atoms with E-state index in [2.05, 4.69) is 26.1 Å². The van der Waals surface area contributed by atoms with E-state index >= 15 is 0 Å². The lowest BCUT2D eigenvalue weighted by atomic mass is 9.73. The average Bonchev–Trinajstić information content (AvgIpc) is 2.25. The summed E-state index contributed by atoms with van der Waals surface area (Å²) >= 11 is 12.0. The van der Waals surface area contributed by atoms with Crippen LogP contribution in [-0.2, 0) is 0 Å². The lowest BCUT2D eigenvalue weighted by Gasteiger charge is -2.40. The minimum absolute atomic E-state index is 0.331. The molecule has 1 aromatic rings. The highest BCUT2D eigenvalue weighted by Gasteiger charge is 2.31. The molecule has 1 nitrogen and oxygen atoms in total. The van der Waals surface area contributed by atoms with Crippen molar-refractivity contribution in [2.45, 2.75) is 45.7 Å². The van der Waals surface area contributed by atoms with Crippen molar-refractivity contribution >= 4 is 23.2 Å². The van der Waals surface area contributed by atoms with Gasteiger partial charge in [-0.1, -0.05) is 43.1 Å². The fourth-order valence-electron chi connectivity index (χ4n) is 2.57. The van der Waals surface area contributed by atoms with Crippen molar-refractivity contribution in [1.82, 2.24) is 5.32 Å². The van der Waals surface area contributed by atoms with Gasteiger partial charge in [-0.3, -0.25) is 0 Å². The predicted molar refractivity (Wildman–Crippen MR) is 79.4 cm³/mol. The highest BCUT2D eigenvalue weighted by atomic mass is 35.5. The third-order valence-corrected chi connectivity index (χ3v) is 4.79. The lowest BCUT2D eigenvalue weighted by molar-refractivity contribution is 0.159. The molecule has 3 heteroatoms. The van der Waals surface area contributed by atoms with Crippen molar-refractivity contribution in [2.75, 3.05) is 0 Å². The van der Waals surface area contributed by atoms with Gasteiger partial charge in [0, 0.05) is 12.1 Å². The van der Waals surface area contributed by atoms with Crippen LogP contribution >= 0.6 is 23.2 Å². The summed E-state index contributed by atoms with van der Waals surface area (Å²) in [4.78, 5) is 0. The monoisotopic (exact) mass is 285 g/mol. The van der Waals surface area contributed by atoms with E-state index in [0.717, 1.165) is 11.8 Å². The van der Waals surface area contributed by atoms with E-state index in [1.807, 2.05) is 18.2 Å². The molecule has 1 N–H and O–H groups in total. The Bertz CT molecular complexity index is 411. The van der Waals surface area contributed by atoms with Crippen LogP contribution in [0.15, 0.2) is 18.2 Å². The van der Waals surface area contributed by atoms with Crippen LogP contribution in [0, 0.1) is 11.8 Å². The zero-order valence-corrected chi connectivity index (χ0v) is 12.7. The molecule has 0 bridgehead atoms. The molecule has 1 atom stereocenters. The maximum atomic E-state index is 6.05. The van der Waals surface area contributed by atoms with Crippen molar-refractivity contribution < 1.29 is 0 Å². The summed E-state index contributed by atoms with van der Waals surface area (Å²) in [5.41, 5.74) is 1.21. The molecule has 1 aliphatic rings. The Labute approximate surface area is 120 Å². The van der Waals surface area contributed by atoms with E-state index in [9.17, 15) is 0 Å². The number of benzene rings is 1. The summed E-state index contributed by atoms with van der Waals surface area (Å²) in [7, 11) is 0. The molecule has 0 saturated heterocycles. The molecule has 2 rings (SSSR count). The van der Waals surface area contributed by atoms with Crippen molar-refractivity contribution in [1.29, 1.82) is 0 Å². The molecule has 1 fully saturated rings. The second kappa shape index (κ2) is 5.81. The molecule has 100 valence electrons. The van der Waals surface area contributed by atoms with Gasteiger partial charge in [-0.15, -0.1) is 0 Å². The Balaban J connectivity index is 1.89. The molecule has 18 heavy (non-hydrogen) atoms. The van der Waals surface area contributed by atoms with Crippen LogP contribution in [-0.4, -0.2) is 6.04 Å². The van der Waals surface area contributed by atoms with Crippen LogP contribution in [0.1, 0.15) is 45.2 Å². The molecule has 0 heterocycles. The number of halogens is 2. The maximum Gasteiger partial charge on any atom is 0.0595 e. The van der Waals surface area contributed by atoms with E-state index < -0.39 is 0 Å². The minimum Gasteiger partial charge on any atom is -0.307 e. The third-order valence-electron chi connectivity index (χ3n) is 4.05. The standard InChI is InChI=1S/C15H21Cl2N/c1-9(2)12-6-13(7-12)18-10(3)11-4-5-14(16)15(17)8-11/h4-5,8-10,12-13,18H,6-7H2,1-3H3. The van der Waals surface area contributed by atoms with E-state index in [0.29, 0.717) is 22.1 Å². The zero-order valence-electron chi connectivity index (χ0n) is 11.2. The number of rotatable bonds is 4. The largest absolute Gasteiger partial charge is 0.307 e. The van der Waals surface area contributed by atoms with Gasteiger partial charge in [0.1, 0.15) is 0 Å². The Morgan fingerprint density at radius 1 is 1.11 bits per heavy atom. The quantitative estimate of drug-likeness (QED) is 0.814. The SMILES string of the molecule is CC(NC1CC(C(C)C)C1)c1ccc(Cl)c(Cl)c1. The highest BCUT2D eigenvalue weighted by Crippen LogP contribution is 2.35. The van der Waals surface area contributed by atoms with Gasteiger partial charge in [0.05, 0.1) is 10.0 Å². The fourth-order valence-corrected chi connectivity index (χ4v) is 2.88. The van der Waals surface area contributed by atoms with Gasteiger partial charge in [0.25, 0.3) is 0 Å². The van der Waals surface area contributed by atoms with Crippen LogP contribution in [0.3, 0.4) is 0 Å². The summed E-state index contributed by atoms with van der Waals surface area (Å²) in [5.74, 6) is 1.70. The molecule has 0 radical (unpaired) electrons. The van der Waals surface area contributed by atoms with Gasteiger partial charge in [0.15, 0.2) is 0 Å². The molecular weight excluding hydrogens is 265 g/mol.